The molecule has 0 aliphatic rings. The predicted octanol–water partition coefficient (Wildman–Crippen LogP) is 2.47. The van der Waals surface area contributed by atoms with Crippen LogP contribution in [-0.4, -0.2) is 43.7 Å². The van der Waals surface area contributed by atoms with Gasteiger partial charge in [-0.2, -0.15) is 0 Å². The van der Waals surface area contributed by atoms with E-state index in [-0.39, 0.29) is 11.4 Å². The maximum absolute atomic E-state index is 13.1. The largest absolute Gasteiger partial charge is 0.378 e. The van der Waals surface area contributed by atoms with Crippen molar-refractivity contribution in [1.82, 2.24) is 4.72 Å². The monoisotopic (exact) mass is 416 g/mol. The maximum atomic E-state index is 13.1. The Bertz CT molecular complexity index is 955. The lowest BCUT2D eigenvalue weighted by Crippen LogP contribution is -2.31. The van der Waals surface area contributed by atoms with Crippen LogP contribution in [-0.2, 0) is 19.9 Å². The molecule has 0 unspecified atom stereocenters. The van der Waals surface area contributed by atoms with Gasteiger partial charge in [0.2, 0.25) is 10.0 Å². The van der Waals surface area contributed by atoms with Gasteiger partial charge in [-0.05, 0) is 42.0 Å². The Morgan fingerprint density at radius 2 is 1.50 bits per heavy atom. The second kappa shape index (κ2) is 7.96. The van der Waals surface area contributed by atoms with Crippen LogP contribution in [0.1, 0.15) is 10.8 Å². The number of anilines is 1. The first kappa shape index (κ1) is 20.7. The van der Waals surface area contributed by atoms with Gasteiger partial charge in [-0.1, -0.05) is 23.7 Å². The number of halogens is 1. The van der Waals surface area contributed by atoms with Crippen LogP contribution in [0.15, 0.2) is 53.4 Å². The molecule has 0 aliphatic heterocycles. The van der Waals surface area contributed by atoms with Crippen molar-refractivity contribution in [2.24, 2.45) is 0 Å². The van der Waals surface area contributed by atoms with Crippen molar-refractivity contribution in [3.05, 3.63) is 59.1 Å². The van der Waals surface area contributed by atoms with Crippen LogP contribution in [0.5, 0.6) is 0 Å². The molecule has 0 fully saturated rings. The molecule has 26 heavy (non-hydrogen) atoms. The summed E-state index contributed by atoms with van der Waals surface area (Å²) in [5, 5.41) is -0.639. The Kier molecular flexibility index (Phi) is 6.33. The van der Waals surface area contributed by atoms with E-state index in [0.29, 0.717) is 10.6 Å². The summed E-state index contributed by atoms with van der Waals surface area (Å²) in [5.74, 6) is 0. The highest BCUT2D eigenvalue weighted by molar-refractivity contribution is 7.92. The summed E-state index contributed by atoms with van der Waals surface area (Å²) in [4.78, 5) is 1.97. The molecule has 0 saturated heterocycles. The van der Waals surface area contributed by atoms with Crippen molar-refractivity contribution in [1.29, 1.82) is 0 Å². The smallest absolute Gasteiger partial charge is 0.208 e. The average Bonchev–Trinajstić information content (AvgIpc) is 2.54. The molecule has 0 heterocycles. The summed E-state index contributed by atoms with van der Waals surface area (Å²) >= 11 is 5.84. The Morgan fingerprint density at radius 1 is 0.962 bits per heavy atom. The van der Waals surface area contributed by atoms with Crippen LogP contribution in [0.4, 0.5) is 5.69 Å². The number of hydrogen-bond acceptors (Lipinski definition) is 5. The minimum absolute atomic E-state index is 0.0823. The number of benzene rings is 2. The van der Waals surface area contributed by atoms with Gasteiger partial charge in [0.25, 0.3) is 0 Å². The fraction of sp³-hybridized carbons (Fsp3) is 0.294. The van der Waals surface area contributed by atoms with E-state index < -0.39 is 25.1 Å². The number of nitrogens with zero attached hydrogens (tertiary/aromatic N) is 1. The topological polar surface area (TPSA) is 83.6 Å². The van der Waals surface area contributed by atoms with E-state index in [0.717, 1.165) is 11.9 Å². The first-order valence-corrected chi connectivity index (χ1v) is 11.5. The first-order chi connectivity index (χ1) is 12.0. The van der Waals surface area contributed by atoms with Gasteiger partial charge in [0, 0.05) is 31.4 Å². The van der Waals surface area contributed by atoms with Crippen LogP contribution in [0.2, 0.25) is 5.02 Å². The molecule has 142 valence electrons. The Hall–Kier alpha value is -1.61. The lowest BCUT2D eigenvalue weighted by Gasteiger charge is -2.20. The molecule has 2 rings (SSSR count). The van der Waals surface area contributed by atoms with Crippen LogP contribution in [0.25, 0.3) is 0 Å². The second-order valence-electron chi connectivity index (χ2n) is 6.09. The molecule has 0 bridgehead atoms. The van der Waals surface area contributed by atoms with Gasteiger partial charge in [0.15, 0.2) is 9.84 Å². The molecule has 0 aromatic heterocycles. The highest BCUT2D eigenvalue weighted by Crippen LogP contribution is 2.30. The number of rotatable bonds is 7. The zero-order chi connectivity index (χ0) is 19.5. The quantitative estimate of drug-likeness (QED) is 0.749. The van der Waals surface area contributed by atoms with Crippen molar-refractivity contribution >= 4 is 37.1 Å². The van der Waals surface area contributed by atoms with Gasteiger partial charge in [0.05, 0.1) is 11.2 Å². The molecule has 9 heteroatoms. The van der Waals surface area contributed by atoms with E-state index in [1.807, 2.05) is 19.0 Å². The SMILES string of the molecule is CN(C)c1ccc([C@H](CNS(C)(=O)=O)S(=O)(=O)c2ccc(Cl)cc2)cc1. The fourth-order valence-electron chi connectivity index (χ4n) is 2.41. The summed E-state index contributed by atoms with van der Waals surface area (Å²) in [5.41, 5.74) is 1.41. The van der Waals surface area contributed by atoms with E-state index in [1.165, 1.54) is 24.3 Å². The van der Waals surface area contributed by atoms with Gasteiger partial charge >= 0.3 is 0 Å². The van der Waals surface area contributed by atoms with Crippen molar-refractivity contribution in [2.75, 3.05) is 31.8 Å². The molecule has 0 aliphatic carbocycles. The summed E-state index contributed by atoms with van der Waals surface area (Å²) in [6, 6.07) is 12.8. The van der Waals surface area contributed by atoms with E-state index in [4.69, 9.17) is 11.6 Å². The third kappa shape index (κ3) is 5.20. The second-order valence-corrected chi connectivity index (χ2v) is 10.5. The predicted molar refractivity (Wildman–Crippen MR) is 105 cm³/mol. The summed E-state index contributed by atoms with van der Waals surface area (Å²) < 4.78 is 51.5. The van der Waals surface area contributed by atoms with Crippen molar-refractivity contribution < 1.29 is 16.8 Å². The number of nitrogens with one attached hydrogen (secondary N) is 1. The van der Waals surface area contributed by atoms with Crippen molar-refractivity contribution in [2.45, 2.75) is 10.1 Å². The standard InChI is InChI=1S/C17H21ClN2O4S2/c1-20(2)15-8-4-13(5-9-15)17(12-19-25(3,21)22)26(23,24)16-10-6-14(18)7-11-16/h4-11,17,19H,12H2,1-3H3/t17-/m0/s1. The van der Waals surface area contributed by atoms with E-state index >= 15 is 0 Å². The van der Waals surface area contributed by atoms with E-state index in [1.54, 1.807) is 24.3 Å². The highest BCUT2D eigenvalue weighted by Gasteiger charge is 2.30. The molecule has 1 atom stereocenters. The summed E-state index contributed by atoms with van der Waals surface area (Å²) in [6.07, 6.45) is 0.994. The number of sulfone groups is 1. The van der Waals surface area contributed by atoms with Gasteiger partial charge in [-0.3, -0.25) is 0 Å². The molecule has 0 radical (unpaired) electrons. The average molecular weight is 417 g/mol. The molecule has 0 spiro atoms. The minimum Gasteiger partial charge on any atom is -0.378 e. The number of hydrogen-bond donors (Lipinski definition) is 1. The van der Waals surface area contributed by atoms with Gasteiger partial charge in [0.1, 0.15) is 5.25 Å². The third-order valence-electron chi connectivity index (χ3n) is 3.83. The minimum atomic E-state index is -3.83. The Labute approximate surface area is 159 Å². The third-order valence-corrected chi connectivity index (χ3v) is 6.89. The van der Waals surface area contributed by atoms with Crippen molar-refractivity contribution in [3.8, 4) is 0 Å². The zero-order valence-corrected chi connectivity index (χ0v) is 17.1. The molecule has 6 nitrogen and oxygen atoms in total. The van der Waals surface area contributed by atoms with Gasteiger partial charge in [-0.15, -0.1) is 0 Å². The lowest BCUT2D eigenvalue weighted by molar-refractivity contribution is 0.571. The van der Waals surface area contributed by atoms with Crippen molar-refractivity contribution in [3.63, 3.8) is 0 Å². The van der Waals surface area contributed by atoms with Crippen LogP contribution in [0, 0.1) is 0 Å². The zero-order valence-electron chi connectivity index (χ0n) is 14.7. The summed E-state index contributed by atoms with van der Waals surface area (Å²) in [7, 11) is -3.61. The molecule has 2 aromatic rings. The molecule has 2 aromatic carbocycles. The van der Waals surface area contributed by atoms with Gasteiger partial charge < -0.3 is 4.90 Å². The Balaban J connectivity index is 2.47. The summed E-state index contributed by atoms with van der Waals surface area (Å²) in [6.45, 7) is -0.259. The van der Waals surface area contributed by atoms with Crippen LogP contribution in [0.3, 0.4) is 0 Å². The normalized spacial score (nSPS) is 13.4. The van der Waals surface area contributed by atoms with Crippen LogP contribution < -0.4 is 9.62 Å². The lowest BCUT2D eigenvalue weighted by atomic mass is 10.1. The Morgan fingerprint density at radius 3 is 1.96 bits per heavy atom. The van der Waals surface area contributed by atoms with E-state index in [9.17, 15) is 16.8 Å². The van der Waals surface area contributed by atoms with Gasteiger partial charge in [-0.25, -0.2) is 21.6 Å². The maximum Gasteiger partial charge on any atom is 0.208 e. The van der Waals surface area contributed by atoms with Crippen LogP contribution >= 0.6 is 11.6 Å². The molecule has 1 N–H and O–H groups in total. The fourth-order valence-corrected chi connectivity index (χ4v) is 4.77. The highest BCUT2D eigenvalue weighted by atomic mass is 35.5. The molecule has 0 saturated carbocycles. The molecule has 0 amide bonds. The first-order valence-electron chi connectivity index (χ1n) is 7.72. The van der Waals surface area contributed by atoms with E-state index in [2.05, 4.69) is 4.72 Å². The molecular weight excluding hydrogens is 396 g/mol. The molecular formula is C17H21ClN2O4S2. The number of sulfonamides is 1.